The van der Waals surface area contributed by atoms with Crippen molar-refractivity contribution < 1.29 is 0 Å². The minimum absolute atomic E-state index is 0.792. The molecule has 0 spiro atoms. The van der Waals surface area contributed by atoms with Gasteiger partial charge in [-0.25, -0.2) is 0 Å². The van der Waals surface area contributed by atoms with Crippen LogP contribution in [-0.2, 0) is 0 Å². The number of likely N-dealkylation sites (N-methyl/N-ethyl adjacent to an activating group) is 2. The molecule has 0 aliphatic carbocycles. The Bertz CT molecular complexity index is 1040. The molecule has 4 nitrogen and oxygen atoms in total. The molecule has 0 atom stereocenters. The predicted octanol–water partition coefficient (Wildman–Crippen LogP) is 6.39. The van der Waals surface area contributed by atoms with Crippen LogP contribution in [0.2, 0.25) is 0 Å². The van der Waals surface area contributed by atoms with Crippen LogP contribution in [0.25, 0.3) is 5.57 Å². The number of para-hydroxylation sites is 1. The molecule has 2 aromatic carbocycles. The summed E-state index contributed by atoms with van der Waals surface area (Å²) in [7, 11) is 2.14. The summed E-state index contributed by atoms with van der Waals surface area (Å²) in [6.45, 7) is 9.12. The second-order valence-corrected chi connectivity index (χ2v) is 9.96. The molecule has 0 saturated carbocycles. The van der Waals surface area contributed by atoms with Crippen molar-refractivity contribution >= 4 is 70.4 Å². The quantitative estimate of drug-likeness (QED) is 0.406. The lowest BCUT2D eigenvalue weighted by Gasteiger charge is -2.16. The Morgan fingerprint density at radius 2 is 1.80 bits per heavy atom. The van der Waals surface area contributed by atoms with Crippen LogP contribution in [0, 0.1) is 0 Å². The third kappa shape index (κ3) is 3.90. The van der Waals surface area contributed by atoms with Gasteiger partial charge in [-0.3, -0.25) is 4.99 Å². The zero-order valence-electron chi connectivity index (χ0n) is 17.4. The molecule has 30 heavy (non-hydrogen) atoms. The van der Waals surface area contributed by atoms with Crippen LogP contribution in [0.4, 0.5) is 11.4 Å². The summed E-state index contributed by atoms with van der Waals surface area (Å²) in [6, 6.07) is 10.7. The lowest BCUT2D eigenvalue weighted by Crippen LogP contribution is -2.26. The van der Waals surface area contributed by atoms with Crippen LogP contribution in [0.5, 0.6) is 0 Å². The van der Waals surface area contributed by atoms with Crippen LogP contribution in [-0.4, -0.2) is 50.4 Å². The van der Waals surface area contributed by atoms with E-state index in [1.165, 1.54) is 22.4 Å². The summed E-state index contributed by atoms with van der Waals surface area (Å²) in [4.78, 5) is 9.79. The average molecular weight is 597 g/mol. The molecule has 2 heterocycles. The van der Waals surface area contributed by atoms with Crippen molar-refractivity contribution in [3.63, 3.8) is 0 Å². The van der Waals surface area contributed by atoms with E-state index >= 15 is 0 Å². The first-order chi connectivity index (χ1) is 14.5. The Morgan fingerprint density at radius 1 is 1.07 bits per heavy atom. The van der Waals surface area contributed by atoms with Crippen molar-refractivity contribution in [2.75, 3.05) is 50.0 Å². The highest BCUT2D eigenvalue weighted by molar-refractivity contribution is 9.14. The highest BCUT2D eigenvalue weighted by Crippen LogP contribution is 2.48. The molecule has 0 amide bonds. The van der Waals surface area contributed by atoms with Gasteiger partial charge < -0.3 is 15.1 Å². The van der Waals surface area contributed by atoms with E-state index in [1.54, 1.807) is 0 Å². The maximum absolute atomic E-state index is 5.09. The summed E-state index contributed by atoms with van der Waals surface area (Å²) in [5, 5.41) is 3.67. The zero-order valence-corrected chi connectivity index (χ0v) is 22.2. The SMILES string of the molecule is CCN(CC)CCN=C1/C(=C2/CN(C)c3c2cc(Br)c(Br)c3Br)Nc2ccccc21. The Balaban J connectivity index is 1.81. The standard InChI is InChI=1S/C23H25Br3N4/c1-4-30(5-2)11-10-27-21-14-8-6-7-9-18(14)28-22(21)16-13-29(3)23-15(16)12-17(24)19(25)20(23)26/h6-9,12,28H,4-5,10-11,13H2,1-3H3/b22-16+,27-21?. The van der Waals surface area contributed by atoms with Crippen LogP contribution in [0.3, 0.4) is 0 Å². The Hall–Kier alpha value is -1.15. The third-order valence-corrected chi connectivity index (χ3v) is 9.08. The van der Waals surface area contributed by atoms with Crippen molar-refractivity contribution in [1.29, 1.82) is 0 Å². The van der Waals surface area contributed by atoms with E-state index in [4.69, 9.17) is 4.99 Å². The number of nitrogens with one attached hydrogen (secondary N) is 1. The summed E-state index contributed by atoms with van der Waals surface area (Å²) < 4.78 is 3.15. The van der Waals surface area contributed by atoms with Crippen molar-refractivity contribution in [1.82, 2.24) is 4.90 Å². The molecule has 0 unspecified atom stereocenters. The molecular weight excluding hydrogens is 572 g/mol. The van der Waals surface area contributed by atoms with E-state index in [9.17, 15) is 0 Å². The molecule has 2 aliphatic heterocycles. The number of halogens is 3. The van der Waals surface area contributed by atoms with Crippen molar-refractivity contribution in [2.24, 2.45) is 4.99 Å². The minimum Gasteiger partial charge on any atom is -0.369 e. The number of allylic oxidation sites excluding steroid dienone is 1. The van der Waals surface area contributed by atoms with Gasteiger partial charge in [0.25, 0.3) is 0 Å². The minimum atomic E-state index is 0.792. The van der Waals surface area contributed by atoms with E-state index in [-0.39, 0.29) is 0 Å². The van der Waals surface area contributed by atoms with Crippen LogP contribution in [0.15, 0.2) is 54.4 Å². The predicted molar refractivity (Wildman–Crippen MR) is 139 cm³/mol. The molecule has 0 radical (unpaired) electrons. The summed E-state index contributed by atoms with van der Waals surface area (Å²) in [6.07, 6.45) is 0. The van der Waals surface area contributed by atoms with Gasteiger partial charge >= 0.3 is 0 Å². The van der Waals surface area contributed by atoms with Crippen molar-refractivity contribution in [3.8, 4) is 0 Å². The third-order valence-electron chi connectivity index (χ3n) is 5.80. The van der Waals surface area contributed by atoms with E-state index in [0.717, 1.165) is 63.2 Å². The van der Waals surface area contributed by atoms with Gasteiger partial charge in [-0.2, -0.15) is 0 Å². The molecule has 0 saturated heterocycles. The second-order valence-electron chi connectivity index (χ2n) is 7.52. The Morgan fingerprint density at radius 3 is 2.53 bits per heavy atom. The summed E-state index contributed by atoms with van der Waals surface area (Å²) in [5.74, 6) is 0. The first-order valence-corrected chi connectivity index (χ1v) is 12.6. The second kappa shape index (κ2) is 9.15. The Kier molecular flexibility index (Phi) is 6.73. The first kappa shape index (κ1) is 22.1. The molecule has 0 bridgehead atoms. The normalized spacial score (nSPS) is 18.9. The van der Waals surface area contributed by atoms with E-state index in [2.05, 4.69) is 114 Å². The van der Waals surface area contributed by atoms with Crippen molar-refractivity contribution in [3.05, 3.63) is 60.6 Å². The molecular formula is C23H25Br3N4. The monoisotopic (exact) mass is 594 g/mol. The van der Waals surface area contributed by atoms with Crippen LogP contribution < -0.4 is 10.2 Å². The summed E-state index contributed by atoms with van der Waals surface area (Å²) in [5.41, 5.74) is 8.23. The van der Waals surface area contributed by atoms with Gasteiger partial charge in [-0.15, -0.1) is 0 Å². The first-order valence-electron chi connectivity index (χ1n) is 10.2. The number of benzene rings is 2. The van der Waals surface area contributed by atoms with Gasteiger partial charge in [-0.05, 0) is 73.0 Å². The molecule has 7 heteroatoms. The van der Waals surface area contributed by atoms with Gasteiger partial charge in [0.05, 0.1) is 28.1 Å². The molecule has 0 fully saturated rings. The number of anilines is 2. The number of nitrogens with zero attached hydrogens (tertiary/aromatic N) is 3. The molecule has 2 aliphatic rings. The van der Waals surface area contributed by atoms with Crippen molar-refractivity contribution in [2.45, 2.75) is 13.8 Å². The highest BCUT2D eigenvalue weighted by atomic mass is 79.9. The molecule has 0 aromatic heterocycles. The van der Waals surface area contributed by atoms with Gasteiger partial charge in [0.1, 0.15) is 0 Å². The van der Waals surface area contributed by atoms with Gasteiger partial charge in [-0.1, -0.05) is 32.0 Å². The van der Waals surface area contributed by atoms with Gasteiger partial charge in [0, 0.05) is 51.5 Å². The Labute approximate surface area is 203 Å². The molecule has 1 N–H and O–H groups in total. The molecule has 2 aromatic rings. The highest BCUT2D eigenvalue weighted by Gasteiger charge is 2.33. The van der Waals surface area contributed by atoms with Crippen LogP contribution >= 0.6 is 47.8 Å². The number of aliphatic imine (C=N–C) groups is 1. The number of hydrogen-bond donors (Lipinski definition) is 1. The van der Waals surface area contributed by atoms with E-state index in [1.807, 2.05) is 0 Å². The number of rotatable bonds is 5. The summed E-state index contributed by atoms with van der Waals surface area (Å²) >= 11 is 11.2. The molecule has 4 rings (SSSR count). The average Bonchev–Trinajstić information content (AvgIpc) is 3.27. The van der Waals surface area contributed by atoms with E-state index < -0.39 is 0 Å². The van der Waals surface area contributed by atoms with Crippen LogP contribution in [0.1, 0.15) is 25.0 Å². The van der Waals surface area contributed by atoms with Gasteiger partial charge in [0.2, 0.25) is 0 Å². The smallest absolute Gasteiger partial charge is 0.0906 e. The fourth-order valence-electron chi connectivity index (χ4n) is 4.16. The fraction of sp³-hybridized carbons (Fsp3) is 0.348. The lowest BCUT2D eigenvalue weighted by atomic mass is 10.0. The van der Waals surface area contributed by atoms with E-state index in [0.29, 0.717) is 0 Å². The number of hydrogen-bond acceptors (Lipinski definition) is 4. The maximum atomic E-state index is 5.09. The fourth-order valence-corrected chi connectivity index (χ4v) is 5.88. The molecule has 158 valence electrons. The van der Waals surface area contributed by atoms with Gasteiger partial charge in [0.15, 0.2) is 0 Å². The maximum Gasteiger partial charge on any atom is 0.0906 e. The largest absolute Gasteiger partial charge is 0.369 e. The number of fused-ring (bicyclic) bond motifs is 2. The topological polar surface area (TPSA) is 30.9 Å². The zero-order chi connectivity index (χ0) is 21.4. The lowest BCUT2D eigenvalue weighted by molar-refractivity contribution is 0.313.